The third-order valence-electron chi connectivity index (χ3n) is 3.15. The van der Waals surface area contributed by atoms with Gasteiger partial charge in [0.2, 0.25) is 0 Å². The minimum atomic E-state index is -0.827. The molecule has 0 saturated carbocycles. The molecule has 0 aliphatic carbocycles. The third kappa shape index (κ3) is 2.43. The molecule has 1 aromatic carbocycles. The van der Waals surface area contributed by atoms with Crippen LogP contribution in [-0.4, -0.2) is 27.9 Å². The summed E-state index contributed by atoms with van der Waals surface area (Å²) in [5, 5.41) is 0. The summed E-state index contributed by atoms with van der Waals surface area (Å²) < 4.78 is 6.72. The Morgan fingerprint density at radius 2 is 2.05 bits per heavy atom. The minimum absolute atomic E-state index is 0.188. The Kier molecular flexibility index (Phi) is 3.88. The van der Waals surface area contributed by atoms with Crippen LogP contribution in [0.15, 0.2) is 18.2 Å². The number of carbonyl (C=O) groups excluding carboxylic acids is 2. The summed E-state index contributed by atoms with van der Waals surface area (Å²) in [5.41, 5.74) is 1.96. The van der Waals surface area contributed by atoms with Gasteiger partial charge >= 0.3 is 5.97 Å². The topological polar surface area (TPSA) is 61.2 Å². The van der Waals surface area contributed by atoms with Gasteiger partial charge in [-0.1, -0.05) is 13.8 Å². The van der Waals surface area contributed by atoms with Gasteiger partial charge in [0.15, 0.2) is 0 Å². The van der Waals surface area contributed by atoms with E-state index in [4.69, 9.17) is 4.74 Å². The van der Waals surface area contributed by atoms with Crippen molar-refractivity contribution < 1.29 is 14.3 Å². The molecule has 0 unspecified atom stereocenters. The van der Waals surface area contributed by atoms with E-state index in [1.165, 1.54) is 0 Å². The number of hydrogen-bond donors (Lipinski definition) is 0. The highest BCUT2D eigenvalue weighted by molar-refractivity contribution is 6.40. The number of fused-ring (bicyclic) bond motifs is 1. The van der Waals surface area contributed by atoms with Crippen molar-refractivity contribution in [2.45, 2.75) is 26.7 Å². The molecule has 5 heteroatoms. The quantitative estimate of drug-likeness (QED) is 0.488. The number of ether oxygens (including phenoxy) is 1. The fraction of sp³-hybridized carbons (Fsp3) is 0.400. The van der Waals surface area contributed by atoms with Crippen molar-refractivity contribution in [1.82, 2.24) is 9.55 Å². The molecule has 2 aromatic rings. The number of ketones is 1. The number of benzene rings is 1. The molecule has 0 spiro atoms. The van der Waals surface area contributed by atoms with Crippen molar-refractivity contribution in [2.75, 3.05) is 6.61 Å². The number of hydrogen-bond acceptors (Lipinski definition) is 4. The van der Waals surface area contributed by atoms with Crippen LogP contribution in [0.4, 0.5) is 0 Å². The first-order valence-electron chi connectivity index (χ1n) is 6.63. The Labute approximate surface area is 117 Å². The minimum Gasteiger partial charge on any atom is -0.460 e. The van der Waals surface area contributed by atoms with E-state index in [2.05, 4.69) is 18.8 Å². The molecule has 0 N–H and O–H groups in total. The number of imidazole rings is 1. The summed E-state index contributed by atoms with van der Waals surface area (Å²) in [6.07, 6.45) is 0. The summed E-state index contributed by atoms with van der Waals surface area (Å²) >= 11 is 0. The number of rotatable bonds is 4. The molecule has 20 heavy (non-hydrogen) atoms. The average molecular weight is 274 g/mol. The number of carbonyl (C=O) groups is 2. The van der Waals surface area contributed by atoms with E-state index in [1.807, 2.05) is 11.6 Å². The normalized spacial score (nSPS) is 11.1. The maximum Gasteiger partial charge on any atom is 0.379 e. The first-order chi connectivity index (χ1) is 9.45. The molecule has 1 heterocycles. The standard InChI is InChI=1S/C15H18N2O3/c1-5-20-15(19)13(18)10-6-7-12-11(8-10)16-14(9(2)3)17(12)4/h6-9H,5H2,1-4H3. The predicted octanol–water partition coefficient (Wildman–Crippen LogP) is 2.44. The Hall–Kier alpha value is -2.17. The first kappa shape index (κ1) is 14.2. The van der Waals surface area contributed by atoms with E-state index in [1.54, 1.807) is 25.1 Å². The Bertz CT molecular complexity index is 671. The van der Waals surface area contributed by atoms with Gasteiger partial charge in [-0.2, -0.15) is 0 Å². The molecule has 0 aliphatic rings. The largest absolute Gasteiger partial charge is 0.460 e. The van der Waals surface area contributed by atoms with E-state index in [-0.39, 0.29) is 12.5 Å². The smallest absolute Gasteiger partial charge is 0.379 e. The molecule has 0 radical (unpaired) electrons. The van der Waals surface area contributed by atoms with Crippen LogP contribution in [0.5, 0.6) is 0 Å². The summed E-state index contributed by atoms with van der Waals surface area (Å²) in [4.78, 5) is 27.9. The lowest BCUT2D eigenvalue weighted by Crippen LogP contribution is -2.17. The molecule has 0 amide bonds. The maximum atomic E-state index is 11.9. The van der Waals surface area contributed by atoms with Crippen LogP contribution in [0.2, 0.25) is 0 Å². The zero-order valence-corrected chi connectivity index (χ0v) is 12.1. The maximum absolute atomic E-state index is 11.9. The van der Waals surface area contributed by atoms with Gasteiger partial charge in [-0.05, 0) is 25.1 Å². The lowest BCUT2D eigenvalue weighted by atomic mass is 10.1. The van der Waals surface area contributed by atoms with Crippen molar-refractivity contribution in [2.24, 2.45) is 7.05 Å². The van der Waals surface area contributed by atoms with Crippen LogP contribution >= 0.6 is 0 Å². The second kappa shape index (κ2) is 5.45. The van der Waals surface area contributed by atoms with Gasteiger partial charge in [-0.3, -0.25) is 4.79 Å². The Morgan fingerprint density at radius 3 is 2.65 bits per heavy atom. The van der Waals surface area contributed by atoms with Crippen LogP contribution < -0.4 is 0 Å². The molecular formula is C15H18N2O3. The molecule has 106 valence electrons. The Balaban J connectivity index is 2.44. The summed E-state index contributed by atoms with van der Waals surface area (Å²) in [6, 6.07) is 5.08. The van der Waals surface area contributed by atoms with Crippen molar-refractivity contribution in [3.63, 3.8) is 0 Å². The van der Waals surface area contributed by atoms with E-state index in [9.17, 15) is 9.59 Å². The fourth-order valence-corrected chi connectivity index (χ4v) is 2.19. The first-order valence-corrected chi connectivity index (χ1v) is 6.63. The highest BCUT2D eigenvalue weighted by Gasteiger charge is 2.19. The van der Waals surface area contributed by atoms with Crippen LogP contribution in [0.1, 0.15) is 42.9 Å². The van der Waals surface area contributed by atoms with Gasteiger partial charge in [-0.15, -0.1) is 0 Å². The van der Waals surface area contributed by atoms with Crippen LogP contribution in [0, 0.1) is 0 Å². The van der Waals surface area contributed by atoms with Crippen LogP contribution in [-0.2, 0) is 16.6 Å². The lowest BCUT2D eigenvalue weighted by Gasteiger charge is -2.04. The molecule has 0 aliphatic heterocycles. The molecule has 2 rings (SSSR count). The molecule has 0 fully saturated rings. The fourth-order valence-electron chi connectivity index (χ4n) is 2.19. The molecule has 0 bridgehead atoms. The van der Waals surface area contributed by atoms with Crippen molar-refractivity contribution in [1.29, 1.82) is 0 Å². The molecule has 0 saturated heterocycles. The van der Waals surface area contributed by atoms with E-state index < -0.39 is 11.8 Å². The summed E-state index contributed by atoms with van der Waals surface area (Å²) in [6.45, 7) is 5.98. The van der Waals surface area contributed by atoms with E-state index >= 15 is 0 Å². The summed E-state index contributed by atoms with van der Waals surface area (Å²) in [7, 11) is 1.94. The molecular weight excluding hydrogens is 256 g/mol. The van der Waals surface area contributed by atoms with Crippen LogP contribution in [0.25, 0.3) is 11.0 Å². The van der Waals surface area contributed by atoms with E-state index in [0.29, 0.717) is 11.1 Å². The molecule has 1 aromatic heterocycles. The highest BCUT2D eigenvalue weighted by atomic mass is 16.5. The number of aryl methyl sites for hydroxylation is 1. The van der Waals surface area contributed by atoms with Gasteiger partial charge in [0.1, 0.15) is 5.82 Å². The summed E-state index contributed by atoms with van der Waals surface area (Å²) in [5.74, 6) is -0.227. The monoisotopic (exact) mass is 274 g/mol. The average Bonchev–Trinajstić information content (AvgIpc) is 2.75. The molecule has 0 atom stereocenters. The van der Waals surface area contributed by atoms with Gasteiger partial charge < -0.3 is 9.30 Å². The Morgan fingerprint density at radius 1 is 1.35 bits per heavy atom. The van der Waals surface area contributed by atoms with Gasteiger partial charge in [0, 0.05) is 18.5 Å². The predicted molar refractivity (Wildman–Crippen MR) is 75.8 cm³/mol. The zero-order chi connectivity index (χ0) is 14.9. The number of esters is 1. The highest BCUT2D eigenvalue weighted by Crippen LogP contribution is 2.21. The van der Waals surface area contributed by atoms with Crippen molar-refractivity contribution in [3.8, 4) is 0 Å². The van der Waals surface area contributed by atoms with Gasteiger partial charge in [0.05, 0.1) is 17.6 Å². The van der Waals surface area contributed by atoms with Gasteiger partial charge in [0.25, 0.3) is 5.78 Å². The molecule has 5 nitrogen and oxygen atoms in total. The number of Topliss-reactive ketones (excluding diaryl/α,β-unsaturated/α-hetero) is 1. The number of nitrogens with zero attached hydrogens (tertiary/aromatic N) is 2. The second-order valence-electron chi connectivity index (χ2n) is 4.94. The lowest BCUT2D eigenvalue weighted by molar-refractivity contribution is -0.137. The zero-order valence-electron chi connectivity index (χ0n) is 12.1. The SMILES string of the molecule is CCOC(=O)C(=O)c1ccc2c(c1)nc(C(C)C)n2C. The second-order valence-corrected chi connectivity index (χ2v) is 4.94. The van der Waals surface area contributed by atoms with Crippen molar-refractivity contribution in [3.05, 3.63) is 29.6 Å². The van der Waals surface area contributed by atoms with Crippen molar-refractivity contribution >= 4 is 22.8 Å². The van der Waals surface area contributed by atoms with E-state index in [0.717, 1.165) is 11.3 Å². The third-order valence-corrected chi connectivity index (χ3v) is 3.15. The van der Waals surface area contributed by atoms with Gasteiger partial charge in [-0.25, -0.2) is 9.78 Å². The van der Waals surface area contributed by atoms with Crippen LogP contribution in [0.3, 0.4) is 0 Å². The number of aromatic nitrogens is 2.